The van der Waals surface area contributed by atoms with Crippen LogP contribution in [0.5, 0.6) is 11.5 Å². The molecule has 1 atom stereocenters. The molecular formula is C23H33N3O2. The standard InChI is InChI=1S/C23H33N3O2/c1-5-17-26(6-2)21(19-13-10-14-20(27-3)22(19)28-4)23(24)25-16-15-18-11-8-7-9-12-18/h7-14,21H,5-6,15-17H2,1-4H3,(H2,24,25). The van der Waals surface area contributed by atoms with Crippen LogP contribution in [-0.4, -0.2) is 44.6 Å². The van der Waals surface area contributed by atoms with Gasteiger partial charge in [0.1, 0.15) is 5.84 Å². The van der Waals surface area contributed by atoms with E-state index in [1.165, 1.54) is 5.56 Å². The normalized spacial score (nSPS) is 12.8. The summed E-state index contributed by atoms with van der Waals surface area (Å²) in [7, 11) is 3.31. The highest BCUT2D eigenvalue weighted by atomic mass is 16.5. The summed E-state index contributed by atoms with van der Waals surface area (Å²) >= 11 is 0. The summed E-state index contributed by atoms with van der Waals surface area (Å²) < 4.78 is 11.2. The molecule has 1 unspecified atom stereocenters. The minimum Gasteiger partial charge on any atom is -0.493 e. The monoisotopic (exact) mass is 383 g/mol. The fourth-order valence-electron chi connectivity index (χ4n) is 3.47. The highest BCUT2D eigenvalue weighted by Crippen LogP contribution is 2.37. The molecule has 0 bridgehead atoms. The van der Waals surface area contributed by atoms with Gasteiger partial charge in [0.05, 0.1) is 20.3 Å². The van der Waals surface area contributed by atoms with E-state index in [1.54, 1.807) is 14.2 Å². The van der Waals surface area contributed by atoms with Crippen LogP contribution >= 0.6 is 0 Å². The maximum absolute atomic E-state index is 6.55. The molecule has 5 nitrogen and oxygen atoms in total. The van der Waals surface area contributed by atoms with Crippen LogP contribution in [0.1, 0.15) is 37.4 Å². The quantitative estimate of drug-likeness (QED) is 0.469. The summed E-state index contributed by atoms with van der Waals surface area (Å²) in [5, 5.41) is 0. The number of methoxy groups -OCH3 is 2. The Kier molecular flexibility index (Phi) is 8.82. The van der Waals surface area contributed by atoms with Gasteiger partial charge in [-0.15, -0.1) is 0 Å². The average Bonchev–Trinajstić information content (AvgIpc) is 2.73. The number of nitrogens with zero attached hydrogens (tertiary/aromatic N) is 2. The molecule has 0 saturated heterocycles. The summed E-state index contributed by atoms with van der Waals surface area (Å²) in [6, 6.07) is 16.1. The van der Waals surface area contributed by atoms with Gasteiger partial charge in [-0.3, -0.25) is 9.89 Å². The molecule has 5 heteroatoms. The third-order valence-corrected chi connectivity index (χ3v) is 4.83. The molecule has 0 radical (unpaired) electrons. The average molecular weight is 384 g/mol. The van der Waals surface area contributed by atoms with Crippen molar-refractivity contribution in [3.63, 3.8) is 0 Å². The van der Waals surface area contributed by atoms with Gasteiger partial charge in [-0.25, -0.2) is 0 Å². The molecule has 0 aliphatic heterocycles. The molecule has 0 saturated carbocycles. The minimum atomic E-state index is -0.147. The first-order valence-electron chi connectivity index (χ1n) is 9.94. The Morgan fingerprint density at radius 3 is 2.39 bits per heavy atom. The van der Waals surface area contributed by atoms with Crippen LogP contribution in [0.15, 0.2) is 53.5 Å². The highest BCUT2D eigenvalue weighted by molar-refractivity contribution is 5.88. The first-order chi connectivity index (χ1) is 13.7. The van der Waals surface area contributed by atoms with Crippen LogP contribution in [-0.2, 0) is 6.42 Å². The van der Waals surface area contributed by atoms with E-state index in [2.05, 4.69) is 30.9 Å². The van der Waals surface area contributed by atoms with Gasteiger partial charge in [0, 0.05) is 12.1 Å². The molecule has 0 aromatic heterocycles. The number of amidine groups is 1. The molecule has 28 heavy (non-hydrogen) atoms. The van der Waals surface area contributed by atoms with Crippen molar-refractivity contribution in [2.24, 2.45) is 10.7 Å². The zero-order chi connectivity index (χ0) is 20.4. The number of para-hydroxylation sites is 1. The zero-order valence-electron chi connectivity index (χ0n) is 17.5. The van der Waals surface area contributed by atoms with Gasteiger partial charge in [-0.05, 0) is 37.6 Å². The number of rotatable bonds is 11. The Morgan fingerprint density at radius 2 is 1.79 bits per heavy atom. The van der Waals surface area contributed by atoms with Crippen LogP contribution < -0.4 is 15.2 Å². The lowest BCUT2D eigenvalue weighted by Gasteiger charge is -2.31. The third-order valence-electron chi connectivity index (χ3n) is 4.83. The second-order valence-electron chi connectivity index (χ2n) is 6.66. The Labute approximate surface area is 169 Å². The molecule has 2 rings (SSSR count). The van der Waals surface area contributed by atoms with Crippen molar-refractivity contribution in [2.45, 2.75) is 32.7 Å². The number of benzene rings is 2. The van der Waals surface area contributed by atoms with Crippen LogP contribution in [0.3, 0.4) is 0 Å². The number of aliphatic imine (C=N–C) groups is 1. The topological polar surface area (TPSA) is 60.1 Å². The lowest BCUT2D eigenvalue weighted by molar-refractivity contribution is 0.249. The van der Waals surface area contributed by atoms with Crippen molar-refractivity contribution in [1.29, 1.82) is 0 Å². The molecule has 0 amide bonds. The molecular weight excluding hydrogens is 350 g/mol. The predicted molar refractivity (Wildman–Crippen MR) is 116 cm³/mol. The molecule has 0 fully saturated rings. The number of likely N-dealkylation sites (N-methyl/N-ethyl adjacent to an activating group) is 1. The van der Waals surface area contributed by atoms with Crippen LogP contribution in [0.25, 0.3) is 0 Å². The number of hydrogen-bond donors (Lipinski definition) is 1. The van der Waals surface area contributed by atoms with E-state index in [0.717, 1.165) is 31.5 Å². The van der Waals surface area contributed by atoms with Gasteiger partial charge < -0.3 is 15.2 Å². The maximum Gasteiger partial charge on any atom is 0.165 e. The molecule has 2 aromatic rings. The molecule has 0 spiro atoms. The van der Waals surface area contributed by atoms with E-state index < -0.39 is 0 Å². The first-order valence-corrected chi connectivity index (χ1v) is 9.94. The molecule has 2 N–H and O–H groups in total. The number of hydrogen-bond acceptors (Lipinski definition) is 4. The Morgan fingerprint density at radius 1 is 1.04 bits per heavy atom. The van der Waals surface area contributed by atoms with Gasteiger partial charge in [-0.2, -0.15) is 0 Å². The fourth-order valence-corrected chi connectivity index (χ4v) is 3.47. The second-order valence-corrected chi connectivity index (χ2v) is 6.66. The first kappa shape index (κ1) is 21.8. The smallest absolute Gasteiger partial charge is 0.165 e. The Balaban J connectivity index is 2.35. The lowest BCUT2D eigenvalue weighted by atomic mass is 10.0. The van der Waals surface area contributed by atoms with Gasteiger partial charge in [-0.1, -0.05) is 56.3 Å². The number of nitrogens with two attached hydrogens (primary N) is 1. The van der Waals surface area contributed by atoms with E-state index in [0.29, 0.717) is 23.9 Å². The molecule has 0 aliphatic rings. The van der Waals surface area contributed by atoms with Crippen molar-refractivity contribution in [3.8, 4) is 11.5 Å². The van der Waals surface area contributed by atoms with E-state index in [-0.39, 0.29) is 6.04 Å². The predicted octanol–water partition coefficient (Wildman–Crippen LogP) is 4.08. The fraction of sp³-hybridized carbons (Fsp3) is 0.435. The van der Waals surface area contributed by atoms with Crippen molar-refractivity contribution >= 4 is 5.84 Å². The van der Waals surface area contributed by atoms with Crippen molar-refractivity contribution < 1.29 is 9.47 Å². The molecule has 0 heterocycles. The Bertz CT molecular complexity index is 747. The summed E-state index contributed by atoms with van der Waals surface area (Å²) in [4.78, 5) is 7.07. The van der Waals surface area contributed by atoms with E-state index in [4.69, 9.17) is 20.2 Å². The van der Waals surface area contributed by atoms with Gasteiger partial charge >= 0.3 is 0 Å². The van der Waals surface area contributed by atoms with Crippen molar-refractivity contribution in [2.75, 3.05) is 33.9 Å². The molecule has 0 aliphatic carbocycles. The van der Waals surface area contributed by atoms with Gasteiger partial charge in [0.15, 0.2) is 11.5 Å². The molecule has 2 aromatic carbocycles. The molecule has 152 valence electrons. The maximum atomic E-state index is 6.55. The second kappa shape index (κ2) is 11.3. The van der Waals surface area contributed by atoms with Gasteiger partial charge in [0.25, 0.3) is 0 Å². The number of ether oxygens (including phenoxy) is 2. The highest BCUT2D eigenvalue weighted by Gasteiger charge is 2.27. The summed E-state index contributed by atoms with van der Waals surface area (Å²) in [6.45, 7) is 6.77. The van der Waals surface area contributed by atoms with Crippen LogP contribution in [0, 0.1) is 0 Å². The summed E-state index contributed by atoms with van der Waals surface area (Å²) in [5.74, 6) is 2.03. The van der Waals surface area contributed by atoms with E-state index in [9.17, 15) is 0 Å². The third kappa shape index (κ3) is 5.49. The van der Waals surface area contributed by atoms with Crippen LogP contribution in [0.2, 0.25) is 0 Å². The van der Waals surface area contributed by atoms with Crippen LogP contribution in [0.4, 0.5) is 0 Å². The van der Waals surface area contributed by atoms with E-state index >= 15 is 0 Å². The Hall–Kier alpha value is -2.53. The summed E-state index contributed by atoms with van der Waals surface area (Å²) in [6.07, 6.45) is 1.90. The zero-order valence-corrected chi connectivity index (χ0v) is 17.5. The summed E-state index contributed by atoms with van der Waals surface area (Å²) in [5.41, 5.74) is 8.79. The lowest BCUT2D eigenvalue weighted by Crippen LogP contribution is -2.39. The minimum absolute atomic E-state index is 0.147. The van der Waals surface area contributed by atoms with Gasteiger partial charge in [0.2, 0.25) is 0 Å². The largest absolute Gasteiger partial charge is 0.493 e. The van der Waals surface area contributed by atoms with E-state index in [1.807, 2.05) is 36.4 Å². The van der Waals surface area contributed by atoms with Crippen molar-refractivity contribution in [1.82, 2.24) is 4.90 Å². The SMILES string of the molecule is CCCN(CC)C(C(N)=NCCc1ccccc1)c1cccc(OC)c1OC. The van der Waals surface area contributed by atoms with Crippen molar-refractivity contribution in [3.05, 3.63) is 59.7 Å².